The van der Waals surface area contributed by atoms with Crippen LogP contribution in [0.2, 0.25) is 0 Å². The van der Waals surface area contributed by atoms with Crippen molar-refractivity contribution < 1.29 is 28.6 Å². The maximum atomic E-state index is 14.0. The van der Waals surface area contributed by atoms with Gasteiger partial charge in [0.1, 0.15) is 25.0 Å². The summed E-state index contributed by atoms with van der Waals surface area (Å²) in [6.07, 6.45) is 1.11. The molecule has 7 rings (SSSR count). The lowest BCUT2D eigenvalue weighted by Gasteiger charge is -2.37. The standard InChI is InChI=1S/C34H39N5O7/c1-5-34(46-32(42)26(17(2)3)37-29(40)24-11-8-12-38(24)31-28(45-31)18(4)35)22-14-25-27-20(13-19-9-6-7-10-23(19)36-27)15-39(25)30(41)21(22)16-44-33(34)43/h6-7,9-10,13-14,17-18,24,26,28,31H,5,8,11-12,15-16,35H2,1-4H3,(H,37,40)/t18-,24-,26-,28?,31?,34-/m0/s1. The van der Waals surface area contributed by atoms with E-state index in [1.807, 2.05) is 42.2 Å². The van der Waals surface area contributed by atoms with Gasteiger partial charge in [0.05, 0.1) is 35.1 Å². The second-order valence-electron chi connectivity index (χ2n) is 13.2. The van der Waals surface area contributed by atoms with Crippen LogP contribution in [0.1, 0.15) is 63.6 Å². The number of amides is 1. The number of benzene rings is 1. The third-order valence-electron chi connectivity index (χ3n) is 9.82. The Kier molecular flexibility index (Phi) is 7.49. The van der Waals surface area contributed by atoms with Crippen LogP contribution in [0.25, 0.3) is 22.3 Å². The molecular formula is C34H39N5O7. The van der Waals surface area contributed by atoms with Crippen LogP contribution in [0.3, 0.4) is 0 Å². The maximum Gasteiger partial charge on any atom is 0.355 e. The number of para-hydroxylation sites is 1. The summed E-state index contributed by atoms with van der Waals surface area (Å²) >= 11 is 0. The molecule has 12 nitrogen and oxygen atoms in total. The zero-order valence-corrected chi connectivity index (χ0v) is 26.4. The van der Waals surface area contributed by atoms with Gasteiger partial charge in [-0.25, -0.2) is 14.6 Å². The predicted molar refractivity (Wildman–Crippen MR) is 167 cm³/mol. The van der Waals surface area contributed by atoms with Crippen molar-refractivity contribution in [3.63, 3.8) is 0 Å². The Labute approximate surface area is 266 Å². The van der Waals surface area contributed by atoms with Crippen LogP contribution < -0.4 is 16.6 Å². The van der Waals surface area contributed by atoms with E-state index in [4.69, 9.17) is 24.9 Å². The highest BCUT2D eigenvalue weighted by Crippen LogP contribution is 2.41. The number of cyclic esters (lactones) is 1. The van der Waals surface area contributed by atoms with Crippen molar-refractivity contribution in [1.29, 1.82) is 0 Å². The quantitative estimate of drug-likeness (QED) is 0.219. The molecule has 3 aromatic rings. The van der Waals surface area contributed by atoms with Gasteiger partial charge in [-0.05, 0) is 50.3 Å². The number of carbonyl (C=O) groups is 3. The number of aromatic nitrogens is 2. The van der Waals surface area contributed by atoms with Crippen molar-refractivity contribution >= 4 is 28.7 Å². The number of epoxide rings is 1. The van der Waals surface area contributed by atoms with Crippen LogP contribution in [-0.4, -0.2) is 69.3 Å². The first-order chi connectivity index (χ1) is 22.0. The molecule has 0 spiro atoms. The number of fused-ring (bicyclic) bond motifs is 5. The molecule has 0 bridgehead atoms. The molecule has 46 heavy (non-hydrogen) atoms. The lowest BCUT2D eigenvalue weighted by atomic mass is 9.85. The fraction of sp³-hybridized carbons (Fsp3) is 0.500. The Hall–Kier alpha value is -4.13. The first-order valence-corrected chi connectivity index (χ1v) is 16.1. The van der Waals surface area contributed by atoms with Crippen molar-refractivity contribution in [1.82, 2.24) is 19.8 Å². The van der Waals surface area contributed by atoms with Gasteiger partial charge in [0.15, 0.2) is 0 Å². The molecule has 6 atom stereocenters. The summed E-state index contributed by atoms with van der Waals surface area (Å²) in [6.45, 7) is 7.97. The number of esters is 2. The molecule has 4 aliphatic rings. The van der Waals surface area contributed by atoms with Gasteiger partial charge in [0.2, 0.25) is 11.5 Å². The number of carbonyl (C=O) groups excluding carboxylic acids is 3. The molecule has 242 valence electrons. The molecule has 1 aromatic carbocycles. The highest BCUT2D eigenvalue weighted by atomic mass is 16.6. The SMILES string of the molecule is CC[C@@]1(OC(=O)[C@@H](NC(=O)[C@@H]2CCCN2C2OC2[C@H](C)N)C(C)C)C(=O)OCc2c1cc1n(c2=O)Cc2cc3ccccc3nc2-1. The van der Waals surface area contributed by atoms with E-state index in [1.165, 1.54) is 0 Å². The summed E-state index contributed by atoms with van der Waals surface area (Å²) in [7, 11) is 0. The summed E-state index contributed by atoms with van der Waals surface area (Å²) in [4.78, 5) is 61.8. The molecule has 0 aliphatic carbocycles. The molecule has 6 heterocycles. The van der Waals surface area contributed by atoms with E-state index < -0.39 is 29.6 Å². The lowest BCUT2D eigenvalue weighted by molar-refractivity contribution is -0.191. The minimum atomic E-state index is -1.87. The van der Waals surface area contributed by atoms with Gasteiger partial charge in [-0.15, -0.1) is 0 Å². The zero-order chi connectivity index (χ0) is 32.5. The maximum absolute atomic E-state index is 14.0. The summed E-state index contributed by atoms with van der Waals surface area (Å²) in [5.74, 6) is -2.20. The summed E-state index contributed by atoms with van der Waals surface area (Å²) in [5.41, 5.74) is 7.23. The molecule has 3 N–H and O–H groups in total. The molecule has 2 unspecified atom stereocenters. The monoisotopic (exact) mass is 629 g/mol. The number of hydrogen-bond acceptors (Lipinski definition) is 10. The van der Waals surface area contributed by atoms with Gasteiger partial charge >= 0.3 is 11.9 Å². The molecule has 0 radical (unpaired) electrons. The summed E-state index contributed by atoms with van der Waals surface area (Å²) < 4.78 is 19.0. The van der Waals surface area contributed by atoms with Crippen LogP contribution in [0, 0.1) is 5.92 Å². The van der Waals surface area contributed by atoms with E-state index in [2.05, 4.69) is 5.32 Å². The molecule has 4 aliphatic heterocycles. The normalized spacial score (nSPS) is 26.2. The fourth-order valence-corrected chi connectivity index (χ4v) is 7.21. The molecule has 0 saturated carbocycles. The second kappa shape index (κ2) is 11.3. The predicted octanol–water partition coefficient (Wildman–Crippen LogP) is 2.31. The molecular weight excluding hydrogens is 590 g/mol. The van der Waals surface area contributed by atoms with Crippen LogP contribution in [-0.2, 0) is 47.3 Å². The fourth-order valence-electron chi connectivity index (χ4n) is 7.21. The molecule has 2 saturated heterocycles. The van der Waals surface area contributed by atoms with Gasteiger partial charge in [-0.1, -0.05) is 39.0 Å². The Morgan fingerprint density at radius 1 is 1.20 bits per heavy atom. The number of nitrogens with zero attached hydrogens (tertiary/aromatic N) is 3. The first kappa shape index (κ1) is 30.5. The Balaban J connectivity index is 1.20. The number of ether oxygens (including phenoxy) is 3. The third kappa shape index (κ3) is 4.81. The highest BCUT2D eigenvalue weighted by Gasteiger charge is 2.53. The number of pyridine rings is 2. The lowest BCUT2D eigenvalue weighted by Crippen LogP contribution is -2.55. The first-order valence-electron chi connectivity index (χ1n) is 16.1. The third-order valence-corrected chi connectivity index (χ3v) is 9.82. The number of nitrogens with two attached hydrogens (primary N) is 1. The van der Waals surface area contributed by atoms with E-state index in [1.54, 1.807) is 31.4 Å². The highest BCUT2D eigenvalue weighted by molar-refractivity contribution is 5.92. The van der Waals surface area contributed by atoms with Gasteiger partial charge < -0.3 is 29.8 Å². The van der Waals surface area contributed by atoms with Crippen LogP contribution in [0.5, 0.6) is 0 Å². The average Bonchev–Trinajstić information content (AvgIpc) is 3.54. The number of likely N-dealkylation sites (tertiary alicyclic amines) is 1. The van der Waals surface area contributed by atoms with Gasteiger partial charge in [-0.2, -0.15) is 0 Å². The van der Waals surface area contributed by atoms with E-state index in [9.17, 15) is 19.2 Å². The zero-order valence-electron chi connectivity index (χ0n) is 26.4. The average molecular weight is 630 g/mol. The minimum absolute atomic E-state index is 0.0261. The van der Waals surface area contributed by atoms with Crippen molar-refractivity contribution in [3.05, 3.63) is 63.4 Å². The van der Waals surface area contributed by atoms with Crippen molar-refractivity contribution in [2.24, 2.45) is 11.7 Å². The summed E-state index contributed by atoms with van der Waals surface area (Å²) in [5, 5.41) is 3.86. The second-order valence-corrected chi connectivity index (χ2v) is 13.2. The Morgan fingerprint density at radius 2 is 1.98 bits per heavy atom. The van der Waals surface area contributed by atoms with Gasteiger partial charge in [0, 0.05) is 29.1 Å². The van der Waals surface area contributed by atoms with Crippen molar-refractivity contribution in [3.8, 4) is 11.4 Å². The number of hydrogen-bond donors (Lipinski definition) is 2. The van der Waals surface area contributed by atoms with Gasteiger partial charge in [-0.3, -0.25) is 14.5 Å². The molecule has 2 fully saturated rings. The molecule has 12 heteroatoms. The van der Waals surface area contributed by atoms with Crippen LogP contribution in [0.4, 0.5) is 0 Å². The minimum Gasteiger partial charge on any atom is -0.457 e. The van der Waals surface area contributed by atoms with Crippen LogP contribution >= 0.6 is 0 Å². The van der Waals surface area contributed by atoms with E-state index >= 15 is 0 Å². The number of rotatable bonds is 8. The molecule has 1 amide bonds. The topological polar surface area (TPSA) is 158 Å². The number of nitrogens with one attached hydrogen (secondary N) is 1. The van der Waals surface area contributed by atoms with E-state index in [0.717, 1.165) is 22.9 Å². The van der Waals surface area contributed by atoms with Gasteiger partial charge in [0.25, 0.3) is 5.56 Å². The molecule has 2 aromatic heterocycles. The Morgan fingerprint density at radius 3 is 2.70 bits per heavy atom. The smallest absolute Gasteiger partial charge is 0.355 e. The summed E-state index contributed by atoms with van der Waals surface area (Å²) in [6, 6.07) is 9.79. The van der Waals surface area contributed by atoms with E-state index in [0.29, 0.717) is 36.5 Å². The van der Waals surface area contributed by atoms with Crippen LogP contribution in [0.15, 0.2) is 41.2 Å². The largest absolute Gasteiger partial charge is 0.457 e. The van der Waals surface area contributed by atoms with Crippen molar-refractivity contribution in [2.45, 2.75) is 96.2 Å². The van der Waals surface area contributed by atoms with Crippen molar-refractivity contribution in [2.75, 3.05) is 6.54 Å². The Bertz CT molecular complexity index is 1820. The van der Waals surface area contributed by atoms with E-state index in [-0.39, 0.29) is 54.3 Å².